The number of para-hydroxylation sites is 2. The molecular weight excluding hydrogens is 725 g/mol. The monoisotopic (exact) mass is 776 g/mol. The van der Waals surface area contributed by atoms with Gasteiger partial charge in [0.1, 0.15) is 0 Å². The molecule has 10 rings (SSSR count). The molecule has 2 aliphatic rings. The van der Waals surface area contributed by atoms with E-state index in [1.165, 1.54) is 75.1 Å². The van der Waals surface area contributed by atoms with Gasteiger partial charge in [-0.3, -0.25) is 0 Å². The Kier molecular flexibility index (Phi) is 9.73. The summed E-state index contributed by atoms with van der Waals surface area (Å²) >= 11 is 0. The number of fused-ring (bicyclic) bond motifs is 3. The quantitative estimate of drug-likeness (QED) is 0.144. The first-order valence-corrected chi connectivity index (χ1v) is 21.7. The molecule has 0 spiro atoms. The summed E-state index contributed by atoms with van der Waals surface area (Å²) in [6, 6.07) is 76.3. The zero-order valence-electron chi connectivity index (χ0n) is 34.9. The van der Waals surface area contributed by atoms with E-state index < -0.39 is 0 Å². The molecule has 0 radical (unpaired) electrons. The molecule has 8 aromatic carbocycles. The standard InChI is InChI=1S/C58H52N2/c1-42-17-15-16-40-58(42,45-28-34-50(35-29-45)59(47-20-9-5-10-21-47)48-22-11-6-12-23-48)46-30-36-51(37-31-46)60(49-32-26-44(27-33-49)43-18-7-4-8-19-43)52-38-39-54-53-24-13-14-25-55(53)57(2,3)56(54)41-52/h4-14,18-39,41-42H,15-17,40H2,1-3H3. The number of hydrogen-bond donors (Lipinski definition) is 0. The lowest BCUT2D eigenvalue weighted by Gasteiger charge is -2.44. The fourth-order valence-corrected chi connectivity index (χ4v) is 10.5. The Hall–Kier alpha value is -6.64. The van der Waals surface area contributed by atoms with Crippen molar-refractivity contribution in [2.45, 2.75) is 57.3 Å². The van der Waals surface area contributed by atoms with E-state index in [0.717, 1.165) is 29.2 Å². The van der Waals surface area contributed by atoms with Crippen LogP contribution >= 0.6 is 0 Å². The zero-order valence-corrected chi connectivity index (χ0v) is 34.9. The molecule has 294 valence electrons. The van der Waals surface area contributed by atoms with Gasteiger partial charge in [-0.25, -0.2) is 0 Å². The van der Waals surface area contributed by atoms with Crippen molar-refractivity contribution in [1.82, 2.24) is 0 Å². The summed E-state index contributed by atoms with van der Waals surface area (Å²) in [6.45, 7) is 7.22. The van der Waals surface area contributed by atoms with E-state index in [9.17, 15) is 0 Å². The highest BCUT2D eigenvalue weighted by Crippen LogP contribution is 2.52. The van der Waals surface area contributed by atoms with E-state index in [-0.39, 0.29) is 10.8 Å². The maximum absolute atomic E-state index is 2.48. The van der Waals surface area contributed by atoms with Gasteiger partial charge in [0, 0.05) is 45.0 Å². The number of anilines is 6. The van der Waals surface area contributed by atoms with Gasteiger partial charge in [-0.2, -0.15) is 0 Å². The van der Waals surface area contributed by atoms with Crippen LogP contribution in [0.1, 0.15) is 68.7 Å². The number of hydrogen-bond acceptors (Lipinski definition) is 2. The largest absolute Gasteiger partial charge is 0.311 e. The average Bonchev–Trinajstić information content (AvgIpc) is 3.54. The molecule has 0 amide bonds. The van der Waals surface area contributed by atoms with Crippen LogP contribution in [0.4, 0.5) is 34.1 Å². The normalized spacial score (nSPS) is 17.7. The molecule has 2 atom stereocenters. The molecule has 1 saturated carbocycles. The van der Waals surface area contributed by atoms with Crippen LogP contribution in [0.3, 0.4) is 0 Å². The van der Waals surface area contributed by atoms with E-state index in [1.807, 2.05) is 0 Å². The second-order valence-electron chi connectivity index (χ2n) is 17.4. The molecule has 8 aromatic rings. The number of benzene rings is 8. The molecule has 0 heterocycles. The van der Waals surface area contributed by atoms with E-state index >= 15 is 0 Å². The second kappa shape index (κ2) is 15.5. The first-order valence-electron chi connectivity index (χ1n) is 21.7. The molecule has 1 fully saturated rings. The summed E-state index contributed by atoms with van der Waals surface area (Å²) in [4.78, 5) is 4.81. The molecule has 60 heavy (non-hydrogen) atoms. The fourth-order valence-electron chi connectivity index (χ4n) is 10.5. The zero-order chi connectivity index (χ0) is 40.7. The molecule has 2 nitrogen and oxygen atoms in total. The van der Waals surface area contributed by atoms with Gasteiger partial charge in [0.05, 0.1) is 0 Å². The number of nitrogens with zero attached hydrogens (tertiary/aromatic N) is 2. The van der Waals surface area contributed by atoms with Gasteiger partial charge in [0.2, 0.25) is 0 Å². The van der Waals surface area contributed by atoms with Crippen molar-refractivity contribution in [3.05, 3.63) is 229 Å². The minimum absolute atomic E-state index is 0.0782. The predicted molar refractivity (Wildman–Crippen MR) is 254 cm³/mol. The van der Waals surface area contributed by atoms with Crippen LogP contribution in [0.2, 0.25) is 0 Å². The highest BCUT2D eigenvalue weighted by molar-refractivity contribution is 5.86. The average molecular weight is 777 g/mol. The van der Waals surface area contributed by atoms with Crippen molar-refractivity contribution in [2.24, 2.45) is 5.92 Å². The Balaban J connectivity index is 1.05. The molecule has 2 heteroatoms. The van der Waals surface area contributed by atoms with Crippen LogP contribution in [0.5, 0.6) is 0 Å². The Morgan fingerprint density at radius 3 is 1.40 bits per heavy atom. The van der Waals surface area contributed by atoms with Gasteiger partial charge >= 0.3 is 0 Å². The van der Waals surface area contributed by atoms with Crippen molar-refractivity contribution >= 4 is 34.1 Å². The molecule has 2 unspecified atom stereocenters. The third-order valence-corrected chi connectivity index (χ3v) is 13.7. The Labute approximate surface area is 356 Å². The lowest BCUT2D eigenvalue weighted by Crippen LogP contribution is -2.37. The minimum Gasteiger partial charge on any atom is -0.311 e. The van der Waals surface area contributed by atoms with Crippen molar-refractivity contribution in [2.75, 3.05) is 9.80 Å². The van der Waals surface area contributed by atoms with Crippen LogP contribution in [0.15, 0.2) is 206 Å². The fraction of sp³-hybridized carbons (Fsp3) is 0.172. The van der Waals surface area contributed by atoms with Crippen LogP contribution < -0.4 is 9.80 Å². The van der Waals surface area contributed by atoms with E-state index in [4.69, 9.17) is 0 Å². The smallest absolute Gasteiger partial charge is 0.0465 e. The van der Waals surface area contributed by atoms with E-state index in [1.54, 1.807) is 0 Å². The molecule has 0 aliphatic heterocycles. The maximum Gasteiger partial charge on any atom is 0.0465 e. The Morgan fingerprint density at radius 1 is 0.400 bits per heavy atom. The van der Waals surface area contributed by atoms with E-state index in [2.05, 4.69) is 237 Å². The molecule has 0 N–H and O–H groups in total. The molecule has 2 aliphatic carbocycles. The number of rotatable bonds is 9. The third kappa shape index (κ3) is 6.52. The van der Waals surface area contributed by atoms with E-state index in [0.29, 0.717) is 5.92 Å². The van der Waals surface area contributed by atoms with Crippen molar-refractivity contribution in [3.63, 3.8) is 0 Å². The molecule has 0 saturated heterocycles. The predicted octanol–water partition coefficient (Wildman–Crippen LogP) is 16.1. The highest BCUT2D eigenvalue weighted by Gasteiger charge is 2.41. The summed E-state index contributed by atoms with van der Waals surface area (Å²) in [6.07, 6.45) is 4.86. The van der Waals surface area contributed by atoms with Crippen LogP contribution in [0.25, 0.3) is 22.3 Å². The minimum atomic E-state index is -0.0904. The van der Waals surface area contributed by atoms with Crippen LogP contribution in [-0.2, 0) is 10.8 Å². The van der Waals surface area contributed by atoms with Gasteiger partial charge < -0.3 is 9.80 Å². The lowest BCUT2D eigenvalue weighted by atomic mass is 9.60. The van der Waals surface area contributed by atoms with Gasteiger partial charge in [0.25, 0.3) is 0 Å². The SMILES string of the molecule is CC1CCCCC1(c1ccc(N(c2ccccc2)c2ccccc2)cc1)c1ccc(N(c2ccc(-c3ccccc3)cc2)c2ccc3c(c2)C(C)(C)c2ccccc2-3)cc1. The summed E-state index contributed by atoms with van der Waals surface area (Å²) in [7, 11) is 0. The van der Waals surface area contributed by atoms with Crippen molar-refractivity contribution in [3.8, 4) is 22.3 Å². The second-order valence-corrected chi connectivity index (χ2v) is 17.4. The van der Waals surface area contributed by atoms with Gasteiger partial charge in [-0.1, -0.05) is 167 Å². The van der Waals surface area contributed by atoms with Gasteiger partial charge in [-0.15, -0.1) is 0 Å². The van der Waals surface area contributed by atoms with Gasteiger partial charge in [0.15, 0.2) is 0 Å². The third-order valence-electron chi connectivity index (χ3n) is 13.7. The van der Waals surface area contributed by atoms with Crippen molar-refractivity contribution in [1.29, 1.82) is 0 Å². The summed E-state index contributed by atoms with van der Waals surface area (Å²) in [5.74, 6) is 0.504. The van der Waals surface area contributed by atoms with Crippen molar-refractivity contribution < 1.29 is 0 Å². The Morgan fingerprint density at radius 2 is 0.833 bits per heavy atom. The van der Waals surface area contributed by atoms with Crippen LogP contribution in [-0.4, -0.2) is 0 Å². The molecular formula is C58H52N2. The highest BCUT2D eigenvalue weighted by atomic mass is 15.1. The Bertz CT molecular complexity index is 2680. The lowest BCUT2D eigenvalue weighted by molar-refractivity contribution is 0.244. The first-order chi connectivity index (χ1) is 29.4. The molecule has 0 aromatic heterocycles. The van der Waals surface area contributed by atoms with Gasteiger partial charge in [-0.05, 0) is 136 Å². The topological polar surface area (TPSA) is 6.48 Å². The first kappa shape index (κ1) is 37.6. The molecule has 0 bridgehead atoms. The summed E-state index contributed by atoms with van der Waals surface area (Å²) < 4.78 is 0. The van der Waals surface area contributed by atoms with Crippen LogP contribution in [0, 0.1) is 5.92 Å². The maximum atomic E-state index is 2.48. The summed E-state index contributed by atoms with van der Waals surface area (Å²) in [5, 5.41) is 0. The summed E-state index contributed by atoms with van der Waals surface area (Å²) in [5.41, 5.74) is 17.5.